The van der Waals surface area contributed by atoms with Gasteiger partial charge in [0, 0.05) is 13.0 Å². The lowest BCUT2D eigenvalue weighted by Crippen LogP contribution is -2.20. The van der Waals surface area contributed by atoms with Gasteiger partial charge in [0.25, 0.3) is 0 Å². The molecule has 0 aliphatic rings. The third-order valence-electron chi connectivity index (χ3n) is 4.03. The first-order valence-corrected chi connectivity index (χ1v) is 9.85. The number of unbranched alkanes of at least 4 members (excludes halogenated alkanes) is 5. The van der Waals surface area contributed by atoms with Gasteiger partial charge in [-0.1, -0.05) is 63.4 Å². The van der Waals surface area contributed by atoms with Crippen LogP contribution in [-0.4, -0.2) is 17.5 Å². The van der Waals surface area contributed by atoms with E-state index < -0.39 is 0 Å². The Kier molecular flexibility index (Phi) is 11.1. The molecule has 0 aliphatic carbocycles. The van der Waals surface area contributed by atoms with Crippen LogP contribution in [0.4, 0.5) is 0 Å². The Hall–Kier alpha value is -0.780. The van der Waals surface area contributed by atoms with E-state index in [4.69, 9.17) is 22.7 Å². The summed E-state index contributed by atoms with van der Waals surface area (Å²) < 4.78 is 5.46. The molecule has 3 N–H and O–H groups in total. The number of ether oxygens (including phenoxy) is 1. The first kappa shape index (κ1) is 21.3. The summed E-state index contributed by atoms with van der Waals surface area (Å²) in [5.41, 5.74) is 7.99. The van der Waals surface area contributed by atoms with Crippen LogP contribution >= 0.6 is 24.8 Å². The predicted molar refractivity (Wildman–Crippen MR) is 111 cm³/mol. The highest BCUT2D eigenvalue weighted by molar-refractivity contribution is 7.80. The highest BCUT2D eigenvalue weighted by Crippen LogP contribution is 2.22. The number of hydrogen-bond donors (Lipinski definition) is 3. The molecule has 0 saturated carbocycles. The second kappa shape index (κ2) is 12.6. The van der Waals surface area contributed by atoms with E-state index in [1.54, 1.807) is 7.11 Å². The van der Waals surface area contributed by atoms with Crippen molar-refractivity contribution in [3.05, 3.63) is 29.3 Å². The standard InChI is InChI=1S/C19H32N2OS2/c1-3-4-5-6-7-8-9-19(24)21-14-15-10-11-16(13-18(20)23)17(12-15)22-2/h10-12,18,23H,3-9,13-14,20H2,1-2H3,(H,21,24). The van der Waals surface area contributed by atoms with Crippen LogP contribution in [0.3, 0.4) is 0 Å². The Morgan fingerprint density at radius 1 is 1.25 bits per heavy atom. The minimum absolute atomic E-state index is 0.173. The van der Waals surface area contributed by atoms with Gasteiger partial charge in [-0.15, -0.1) is 0 Å². The minimum Gasteiger partial charge on any atom is -0.496 e. The van der Waals surface area contributed by atoms with Crippen LogP contribution in [0.1, 0.15) is 63.0 Å². The molecule has 3 nitrogen and oxygen atoms in total. The van der Waals surface area contributed by atoms with Crippen LogP contribution in [0, 0.1) is 0 Å². The third-order valence-corrected chi connectivity index (χ3v) is 4.56. The van der Waals surface area contributed by atoms with Crippen LogP contribution in [0.15, 0.2) is 18.2 Å². The average molecular weight is 369 g/mol. The van der Waals surface area contributed by atoms with Crippen molar-refractivity contribution in [2.45, 2.75) is 70.2 Å². The normalized spacial score (nSPS) is 12.0. The summed E-state index contributed by atoms with van der Waals surface area (Å²) in [5, 5.41) is 3.18. The molecule has 0 aliphatic heterocycles. The maximum atomic E-state index is 5.75. The van der Waals surface area contributed by atoms with Crippen molar-refractivity contribution >= 4 is 29.8 Å². The van der Waals surface area contributed by atoms with Crippen LogP contribution in [-0.2, 0) is 13.0 Å². The Balaban J connectivity index is 2.34. The summed E-state index contributed by atoms with van der Waals surface area (Å²) >= 11 is 9.67. The predicted octanol–water partition coefficient (Wildman–Crippen LogP) is 4.62. The molecule has 136 valence electrons. The van der Waals surface area contributed by atoms with Crippen molar-refractivity contribution < 1.29 is 4.74 Å². The van der Waals surface area contributed by atoms with Gasteiger partial charge in [0.05, 0.1) is 17.5 Å². The Morgan fingerprint density at radius 2 is 1.96 bits per heavy atom. The molecule has 1 atom stereocenters. The highest BCUT2D eigenvalue weighted by Gasteiger charge is 2.07. The number of benzene rings is 1. The molecule has 1 aromatic rings. The van der Waals surface area contributed by atoms with Crippen LogP contribution in [0.25, 0.3) is 0 Å². The van der Waals surface area contributed by atoms with Crippen molar-refractivity contribution in [3.8, 4) is 5.75 Å². The third kappa shape index (κ3) is 8.90. The molecule has 0 amide bonds. The highest BCUT2D eigenvalue weighted by atomic mass is 32.1. The van der Waals surface area contributed by atoms with Gasteiger partial charge in [0.1, 0.15) is 5.75 Å². The van der Waals surface area contributed by atoms with Crippen molar-refractivity contribution in [2.24, 2.45) is 5.73 Å². The van der Waals surface area contributed by atoms with E-state index in [1.807, 2.05) is 6.07 Å². The number of rotatable bonds is 12. The number of hydrogen-bond acceptors (Lipinski definition) is 4. The fourth-order valence-electron chi connectivity index (χ4n) is 2.65. The monoisotopic (exact) mass is 368 g/mol. The summed E-state index contributed by atoms with van der Waals surface area (Å²) in [6.45, 7) is 2.98. The molecule has 0 fully saturated rings. The Bertz CT molecular complexity index is 492. The maximum absolute atomic E-state index is 5.75. The van der Waals surface area contributed by atoms with E-state index in [0.29, 0.717) is 6.42 Å². The second-order valence-corrected chi connectivity index (χ2v) is 7.37. The molecule has 1 aromatic carbocycles. The molecule has 0 saturated heterocycles. The van der Waals surface area contributed by atoms with Gasteiger partial charge in [0.15, 0.2) is 0 Å². The second-order valence-electron chi connectivity index (χ2n) is 6.21. The lowest BCUT2D eigenvalue weighted by Gasteiger charge is -2.13. The van der Waals surface area contributed by atoms with Crippen LogP contribution in [0.5, 0.6) is 5.75 Å². The molecule has 5 heteroatoms. The molecule has 0 aromatic heterocycles. The lowest BCUT2D eigenvalue weighted by molar-refractivity contribution is 0.409. The van der Waals surface area contributed by atoms with E-state index in [-0.39, 0.29) is 5.37 Å². The summed E-state index contributed by atoms with van der Waals surface area (Å²) in [4.78, 5) is 0.950. The molecule has 1 unspecified atom stereocenters. The fourth-order valence-corrected chi connectivity index (χ4v) is 3.06. The molecular formula is C19H32N2OS2. The van der Waals surface area contributed by atoms with Gasteiger partial charge in [-0.25, -0.2) is 0 Å². The Morgan fingerprint density at radius 3 is 2.62 bits per heavy atom. The quantitative estimate of drug-likeness (QED) is 0.218. The molecule has 0 radical (unpaired) electrons. The number of methoxy groups -OCH3 is 1. The zero-order chi connectivity index (χ0) is 17.8. The van der Waals surface area contributed by atoms with Crippen molar-refractivity contribution in [3.63, 3.8) is 0 Å². The van der Waals surface area contributed by atoms with Gasteiger partial charge in [-0.05, 0) is 30.0 Å². The molecular weight excluding hydrogens is 336 g/mol. The van der Waals surface area contributed by atoms with Gasteiger partial charge < -0.3 is 15.8 Å². The van der Waals surface area contributed by atoms with E-state index >= 15 is 0 Å². The van der Waals surface area contributed by atoms with E-state index in [9.17, 15) is 0 Å². The zero-order valence-electron chi connectivity index (χ0n) is 15.0. The van der Waals surface area contributed by atoms with Gasteiger partial charge in [0.2, 0.25) is 0 Å². The number of thiol groups is 1. The zero-order valence-corrected chi connectivity index (χ0v) is 16.7. The number of nitrogens with two attached hydrogens (primary N) is 1. The van der Waals surface area contributed by atoms with E-state index in [0.717, 1.165) is 34.8 Å². The summed E-state index contributed by atoms with van der Waals surface area (Å²) in [6.07, 6.45) is 9.43. The number of nitrogens with one attached hydrogen (secondary N) is 1. The van der Waals surface area contributed by atoms with E-state index in [2.05, 4.69) is 37.0 Å². The first-order valence-electron chi connectivity index (χ1n) is 8.93. The molecule has 0 spiro atoms. The topological polar surface area (TPSA) is 47.3 Å². The van der Waals surface area contributed by atoms with Crippen molar-refractivity contribution in [1.29, 1.82) is 0 Å². The maximum Gasteiger partial charge on any atom is 0.122 e. The number of thiocarbonyl (C=S) groups is 1. The molecule has 0 bridgehead atoms. The molecule has 1 rings (SSSR count). The summed E-state index contributed by atoms with van der Waals surface area (Å²) in [5.74, 6) is 0.862. The smallest absolute Gasteiger partial charge is 0.122 e. The summed E-state index contributed by atoms with van der Waals surface area (Å²) in [6, 6.07) is 6.20. The minimum atomic E-state index is -0.173. The van der Waals surface area contributed by atoms with Crippen LogP contribution in [0.2, 0.25) is 0 Å². The largest absolute Gasteiger partial charge is 0.496 e. The molecule has 24 heavy (non-hydrogen) atoms. The average Bonchev–Trinajstić information content (AvgIpc) is 2.56. The summed E-state index contributed by atoms with van der Waals surface area (Å²) in [7, 11) is 1.68. The lowest BCUT2D eigenvalue weighted by atomic mass is 10.1. The SMILES string of the molecule is CCCCCCCCC(=S)NCc1ccc(CC(N)S)c(OC)c1. The van der Waals surface area contributed by atoms with Gasteiger partial charge >= 0.3 is 0 Å². The van der Waals surface area contributed by atoms with Crippen LogP contribution < -0.4 is 15.8 Å². The molecule has 0 heterocycles. The van der Waals surface area contributed by atoms with Crippen molar-refractivity contribution in [2.75, 3.05) is 7.11 Å². The first-order chi connectivity index (χ1) is 11.6. The van der Waals surface area contributed by atoms with E-state index in [1.165, 1.54) is 38.5 Å². The van der Waals surface area contributed by atoms with Gasteiger partial charge in [-0.3, -0.25) is 0 Å². The fraction of sp³-hybridized carbons (Fsp3) is 0.632. The van der Waals surface area contributed by atoms with Gasteiger partial charge in [-0.2, -0.15) is 12.6 Å². The van der Waals surface area contributed by atoms with Crippen molar-refractivity contribution in [1.82, 2.24) is 5.32 Å². The Labute approximate surface area is 158 Å².